The quantitative estimate of drug-likeness (QED) is 0.582. The summed E-state index contributed by atoms with van der Waals surface area (Å²) in [5, 5.41) is 4.21. The molecule has 4 nitrogen and oxygen atoms in total. The lowest BCUT2D eigenvalue weighted by atomic mass is 10.2. The van der Waals surface area contributed by atoms with E-state index in [4.69, 9.17) is 16.3 Å². The zero-order valence-electron chi connectivity index (χ0n) is 14.1. The zero-order valence-corrected chi connectivity index (χ0v) is 14.8. The maximum atomic E-state index is 5.90. The number of hydrogen-bond acceptors (Lipinski definition) is 3. The molecule has 25 heavy (non-hydrogen) atoms. The maximum absolute atomic E-state index is 5.90. The number of aryl methyl sites for hydroxylation is 1. The number of aromatic nitrogens is 2. The van der Waals surface area contributed by atoms with E-state index in [-0.39, 0.29) is 0 Å². The van der Waals surface area contributed by atoms with Crippen LogP contribution in [0.4, 0.5) is 0 Å². The predicted octanol–water partition coefficient (Wildman–Crippen LogP) is 4.30. The Morgan fingerprint density at radius 2 is 1.96 bits per heavy atom. The minimum atomic E-state index is 0.541. The highest BCUT2D eigenvalue weighted by Crippen LogP contribution is 2.16. The van der Waals surface area contributed by atoms with E-state index in [0.29, 0.717) is 6.61 Å². The van der Waals surface area contributed by atoms with Crippen molar-refractivity contribution in [2.45, 2.75) is 26.1 Å². The third kappa shape index (κ3) is 5.93. The van der Waals surface area contributed by atoms with Crippen LogP contribution in [0.15, 0.2) is 67.3 Å². The van der Waals surface area contributed by atoms with E-state index >= 15 is 0 Å². The summed E-state index contributed by atoms with van der Waals surface area (Å²) in [5.41, 5.74) is 2.32. The smallest absolute Gasteiger partial charge is 0.120 e. The van der Waals surface area contributed by atoms with Gasteiger partial charge in [-0.1, -0.05) is 35.9 Å². The molecule has 0 saturated heterocycles. The average Bonchev–Trinajstić information content (AvgIpc) is 3.15. The van der Waals surface area contributed by atoms with E-state index in [1.165, 1.54) is 5.56 Å². The Kier molecular flexibility index (Phi) is 6.48. The van der Waals surface area contributed by atoms with Gasteiger partial charge in [-0.05, 0) is 48.4 Å². The van der Waals surface area contributed by atoms with Crippen molar-refractivity contribution in [3.8, 4) is 5.75 Å². The number of nitrogens with zero attached hydrogens (tertiary/aromatic N) is 2. The lowest BCUT2D eigenvalue weighted by Crippen LogP contribution is -2.16. The van der Waals surface area contributed by atoms with Gasteiger partial charge in [0.05, 0.1) is 6.33 Å². The molecular weight excluding hydrogens is 334 g/mol. The molecule has 3 aromatic rings. The van der Waals surface area contributed by atoms with Gasteiger partial charge in [0, 0.05) is 30.5 Å². The molecule has 130 valence electrons. The Morgan fingerprint density at radius 1 is 1.08 bits per heavy atom. The highest BCUT2D eigenvalue weighted by molar-refractivity contribution is 6.30. The van der Waals surface area contributed by atoms with E-state index < -0.39 is 0 Å². The van der Waals surface area contributed by atoms with Gasteiger partial charge in [-0.3, -0.25) is 0 Å². The molecule has 1 N–H and O–H groups in total. The summed E-state index contributed by atoms with van der Waals surface area (Å²) in [6, 6.07) is 15.9. The Balaban J connectivity index is 1.40. The van der Waals surface area contributed by atoms with Gasteiger partial charge in [0.25, 0.3) is 0 Å². The molecule has 0 unspecified atom stereocenters. The highest BCUT2D eigenvalue weighted by Gasteiger charge is 1.99. The number of halogens is 1. The summed E-state index contributed by atoms with van der Waals surface area (Å²) in [4.78, 5) is 4.04. The first kappa shape index (κ1) is 17.5. The van der Waals surface area contributed by atoms with Gasteiger partial charge < -0.3 is 14.6 Å². The van der Waals surface area contributed by atoms with Gasteiger partial charge in [0.1, 0.15) is 12.4 Å². The first-order valence-corrected chi connectivity index (χ1v) is 8.80. The third-order valence-electron chi connectivity index (χ3n) is 3.88. The van der Waals surface area contributed by atoms with Crippen molar-refractivity contribution in [3.05, 3.63) is 83.4 Å². The number of imidazole rings is 1. The summed E-state index contributed by atoms with van der Waals surface area (Å²) in [7, 11) is 0. The van der Waals surface area contributed by atoms with Crippen molar-refractivity contribution >= 4 is 11.6 Å². The lowest BCUT2D eigenvalue weighted by molar-refractivity contribution is 0.306. The number of ether oxygens (including phenoxy) is 1. The van der Waals surface area contributed by atoms with Crippen LogP contribution in [0.2, 0.25) is 5.02 Å². The van der Waals surface area contributed by atoms with Crippen LogP contribution >= 0.6 is 11.6 Å². The van der Waals surface area contributed by atoms with Crippen LogP contribution < -0.4 is 10.1 Å². The molecular formula is C20H22ClN3O. The molecule has 0 atom stereocenters. The number of benzene rings is 2. The van der Waals surface area contributed by atoms with E-state index in [9.17, 15) is 0 Å². The summed E-state index contributed by atoms with van der Waals surface area (Å²) in [6.07, 6.45) is 6.72. The van der Waals surface area contributed by atoms with Gasteiger partial charge in [0.2, 0.25) is 0 Å². The fraction of sp³-hybridized carbons (Fsp3) is 0.250. The van der Waals surface area contributed by atoms with Crippen LogP contribution in [-0.2, 0) is 19.7 Å². The number of hydrogen-bond donors (Lipinski definition) is 1. The zero-order chi connectivity index (χ0) is 17.3. The van der Waals surface area contributed by atoms with Crippen molar-refractivity contribution in [2.75, 3.05) is 6.54 Å². The van der Waals surface area contributed by atoms with E-state index in [1.807, 2.05) is 55.1 Å². The van der Waals surface area contributed by atoms with Gasteiger partial charge >= 0.3 is 0 Å². The molecule has 2 aromatic carbocycles. The fourth-order valence-electron chi connectivity index (χ4n) is 2.53. The van der Waals surface area contributed by atoms with Crippen molar-refractivity contribution in [2.24, 2.45) is 0 Å². The molecule has 3 rings (SSSR count). The maximum Gasteiger partial charge on any atom is 0.120 e. The average molecular weight is 356 g/mol. The first-order valence-electron chi connectivity index (χ1n) is 8.42. The topological polar surface area (TPSA) is 39.1 Å². The molecule has 0 saturated carbocycles. The van der Waals surface area contributed by atoms with Crippen molar-refractivity contribution in [1.82, 2.24) is 14.9 Å². The normalized spacial score (nSPS) is 10.8. The number of rotatable bonds is 9. The standard InChI is InChI=1S/C20H22ClN3O/c21-19-7-5-17(6-8-19)15-25-20-4-1-3-18(13-20)14-22-9-2-11-24-12-10-23-16-24/h1,3-8,10,12-13,16,22H,2,9,11,14-15H2. The predicted molar refractivity (Wildman–Crippen MR) is 101 cm³/mol. The summed E-state index contributed by atoms with van der Waals surface area (Å²) in [5.74, 6) is 0.882. The number of nitrogens with one attached hydrogen (secondary N) is 1. The Morgan fingerprint density at radius 3 is 2.76 bits per heavy atom. The molecule has 0 amide bonds. The lowest BCUT2D eigenvalue weighted by Gasteiger charge is -2.09. The second kappa shape index (κ2) is 9.25. The second-order valence-electron chi connectivity index (χ2n) is 5.89. The summed E-state index contributed by atoms with van der Waals surface area (Å²) < 4.78 is 7.96. The second-order valence-corrected chi connectivity index (χ2v) is 6.33. The first-order chi connectivity index (χ1) is 12.3. The van der Waals surface area contributed by atoms with Gasteiger partial charge in [-0.15, -0.1) is 0 Å². The molecule has 0 aliphatic carbocycles. The fourth-order valence-corrected chi connectivity index (χ4v) is 2.66. The molecule has 1 aromatic heterocycles. The molecule has 0 radical (unpaired) electrons. The largest absolute Gasteiger partial charge is 0.489 e. The van der Waals surface area contributed by atoms with Gasteiger partial charge in [-0.2, -0.15) is 0 Å². The molecule has 5 heteroatoms. The van der Waals surface area contributed by atoms with Crippen LogP contribution in [0.1, 0.15) is 17.5 Å². The summed E-state index contributed by atoms with van der Waals surface area (Å²) in [6.45, 7) is 3.33. The minimum Gasteiger partial charge on any atom is -0.489 e. The molecule has 0 aliphatic heterocycles. The van der Waals surface area contributed by atoms with Crippen LogP contribution in [0, 0.1) is 0 Å². The monoisotopic (exact) mass is 355 g/mol. The molecule has 0 aliphatic rings. The third-order valence-corrected chi connectivity index (χ3v) is 4.13. The Hall–Kier alpha value is -2.30. The minimum absolute atomic E-state index is 0.541. The highest BCUT2D eigenvalue weighted by atomic mass is 35.5. The SMILES string of the molecule is Clc1ccc(COc2cccc(CNCCCn3ccnc3)c2)cc1. The van der Waals surface area contributed by atoms with Crippen molar-refractivity contribution in [3.63, 3.8) is 0 Å². The molecule has 0 bridgehead atoms. The molecule has 1 heterocycles. The van der Waals surface area contributed by atoms with Crippen LogP contribution in [-0.4, -0.2) is 16.1 Å². The molecule has 0 fully saturated rings. The van der Waals surface area contributed by atoms with Crippen molar-refractivity contribution < 1.29 is 4.74 Å². The van der Waals surface area contributed by atoms with Crippen LogP contribution in [0.5, 0.6) is 5.75 Å². The Labute approximate surface area is 153 Å². The van der Waals surface area contributed by atoms with Crippen LogP contribution in [0.25, 0.3) is 0 Å². The van der Waals surface area contributed by atoms with Crippen LogP contribution in [0.3, 0.4) is 0 Å². The van der Waals surface area contributed by atoms with E-state index in [2.05, 4.69) is 27.0 Å². The van der Waals surface area contributed by atoms with Crippen molar-refractivity contribution in [1.29, 1.82) is 0 Å². The van der Waals surface area contributed by atoms with Gasteiger partial charge in [-0.25, -0.2) is 4.98 Å². The van der Waals surface area contributed by atoms with E-state index in [0.717, 1.165) is 42.4 Å². The molecule has 0 spiro atoms. The summed E-state index contributed by atoms with van der Waals surface area (Å²) >= 11 is 5.90. The van der Waals surface area contributed by atoms with Gasteiger partial charge in [0.15, 0.2) is 0 Å². The van der Waals surface area contributed by atoms with E-state index in [1.54, 1.807) is 0 Å². The Bertz CT molecular complexity index is 757.